The lowest BCUT2D eigenvalue weighted by Gasteiger charge is -2.28. The average molecular weight is 231 g/mol. The van der Waals surface area contributed by atoms with E-state index in [0.29, 0.717) is 19.5 Å². The normalized spacial score (nSPS) is 14.8. The minimum Gasteiger partial charge on any atom is -0.481 e. The van der Waals surface area contributed by atoms with Gasteiger partial charge in [-0.3, -0.25) is 14.5 Å². The molecule has 0 aromatic carbocycles. The van der Waals surface area contributed by atoms with E-state index in [9.17, 15) is 9.59 Å². The molecular formula is C11H21NO4. The number of rotatable bonds is 8. The summed E-state index contributed by atoms with van der Waals surface area (Å²) in [7, 11) is 0. The molecule has 0 aliphatic heterocycles. The maximum atomic E-state index is 11.2. The topological polar surface area (TPSA) is 77.8 Å². The molecular weight excluding hydrogens is 210 g/mol. The van der Waals surface area contributed by atoms with Crippen LogP contribution in [0.2, 0.25) is 0 Å². The molecule has 5 nitrogen and oxygen atoms in total. The molecule has 0 aromatic rings. The number of carbonyl (C=O) groups is 2. The van der Waals surface area contributed by atoms with Crippen molar-refractivity contribution in [1.82, 2.24) is 4.90 Å². The molecule has 0 amide bonds. The molecule has 0 bridgehead atoms. The molecule has 0 saturated heterocycles. The third-order valence-electron chi connectivity index (χ3n) is 2.67. The summed E-state index contributed by atoms with van der Waals surface area (Å²) in [4.78, 5) is 23.8. The van der Waals surface area contributed by atoms with Gasteiger partial charge in [-0.2, -0.15) is 0 Å². The minimum absolute atomic E-state index is 0.00975. The Labute approximate surface area is 96.1 Å². The van der Waals surface area contributed by atoms with Crippen molar-refractivity contribution in [2.75, 3.05) is 19.7 Å². The van der Waals surface area contributed by atoms with Gasteiger partial charge in [-0.25, -0.2) is 0 Å². The van der Waals surface area contributed by atoms with Crippen LogP contribution in [-0.2, 0) is 9.59 Å². The second-order valence-electron chi connectivity index (χ2n) is 4.10. The summed E-state index contributed by atoms with van der Waals surface area (Å²) >= 11 is 0. The molecule has 0 rings (SSSR count). The number of carboxylic acid groups (broad SMARTS) is 1. The number of hydrogen-bond acceptors (Lipinski definition) is 4. The Hall–Kier alpha value is -0.940. The summed E-state index contributed by atoms with van der Waals surface area (Å²) in [5, 5.41) is 17.6. The molecule has 0 aliphatic rings. The summed E-state index contributed by atoms with van der Waals surface area (Å²) in [6.45, 7) is 5.77. The first-order chi connectivity index (χ1) is 7.40. The molecule has 2 N–H and O–H groups in total. The van der Waals surface area contributed by atoms with E-state index in [2.05, 4.69) is 0 Å². The summed E-state index contributed by atoms with van der Waals surface area (Å²) in [5.41, 5.74) is 0. The van der Waals surface area contributed by atoms with Gasteiger partial charge in [0.15, 0.2) is 0 Å². The molecule has 0 spiro atoms. The van der Waals surface area contributed by atoms with E-state index in [1.54, 1.807) is 18.7 Å². The number of carbonyl (C=O) groups excluding carboxylic acids is 1. The zero-order valence-electron chi connectivity index (χ0n) is 10.1. The smallest absolute Gasteiger partial charge is 0.307 e. The predicted molar refractivity (Wildman–Crippen MR) is 60.2 cm³/mol. The Kier molecular flexibility index (Phi) is 6.92. The van der Waals surface area contributed by atoms with Crippen LogP contribution in [0.4, 0.5) is 0 Å². The van der Waals surface area contributed by atoms with Gasteiger partial charge in [0, 0.05) is 19.7 Å². The van der Waals surface area contributed by atoms with E-state index >= 15 is 0 Å². The average Bonchev–Trinajstić information content (AvgIpc) is 2.22. The predicted octanol–water partition coefficient (Wildman–Crippen LogP) is 0.369. The zero-order chi connectivity index (χ0) is 12.7. The first-order valence-corrected chi connectivity index (χ1v) is 5.48. The number of ketones is 1. The molecule has 0 saturated carbocycles. The number of hydrogen-bond donors (Lipinski definition) is 2. The van der Waals surface area contributed by atoms with E-state index in [-0.39, 0.29) is 18.4 Å². The Morgan fingerprint density at radius 3 is 2.25 bits per heavy atom. The highest BCUT2D eigenvalue weighted by Crippen LogP contribution is 2.07. The molecule has 16 heavy (non-hydrogen) atoms. The summed E-state index contributed by atoms with van der Waals surface area (Å²) in [6.07, 6.45) is 0.546. The monoisotopic (exact) mass is 231 g/mol. The summed E-state index contributed by atoms with van der Waals surface area (Å²) in [6, 6.07) is -0.298. The van der Waals surface area contributed by atoms with Gasteiger partial charge in [0.1, 0.15) is 5.78 Å². The molecule has 0 heterocycles. The number of aliphatic hydroxyl groups excluding tert-OH is 1. The number of aliphatic carboxylic acids is 1. The number of Topliss-reactive ketones (excluding diaryl/α,β-unsaturated/α-hetero) is 1. The van der Waals surface area contributed by atoms with Crippen molar-refractivity contribution in [2.45, 2.75) is 33.2 Å². The number of aliphatic hydroxyl groups is 1. The molecule has 0 fully saturated rings. The lowest BCUT2D eigenvalue weighted by Crippen LogP contribution is -2.42. The molecule has 0 aromatic heterocycles. The molecule has 94 valence electrons. The molecule has 2 atom stereocenters. The van der Waals surface area contributed by atoms with Crippen LogP contribution < -0.4 is 0 Å². The van der Waals surface area contributed by atoms with Gasteiger partial charge < -0.3 is 10.2 Å². The van der Waals surface area contributed by atoms with Crippen molar-refractivity contribution in [2.24, 2.45) is 5.92 Å². The lowest BCUT2D eigenvalue weighted by atomic mass is 10.1. The fourth-order valence-electron chi connectivity index (χ4n) is 1.40. The Bertz CT molecular complexity index is 242. The largest absolute Gasteiger partial charge is 0.481 e. The van der Waals surface area contributed by atoms with Crippen molar-refractivity contribution >= 4 is 11.8 Å². The van der Waals surface area contributed by atoms with E-state index < -0.39 is 11.9 Å². The Morgan fingerprint density at radius 1 is 1.31 bits per heavy atom. The van der Waals surface area contributed by atoms with Crippen molar-refractivity contribution in [3.05, 3.63) is 0 Å². The maximum Gasteiger partial charge on any atom is 0.307 e. The van der Waals surface area contributed by atoms with Crippen LogP contribution in [0.3, 0.4) is 0 Å². The van der Waals surface area contributed by atoms with Gasteiger partial charge in [0.25, 0.3) is 0 Å². The highest BCUT2D eigenvalue weighted by molar-refractivity contribution is 5.81. The van der Waals surface area contributed by atoms with E-state index in [1.807, 2.05) is 0 Å². The third kappa shape index (κ3) is 5.23. The van der Waals surface area contributed by atoms with Crippen LogP contribution in [0.1, 0.15) is 27.2 Å². The van der Waals surface area contributed by atoms with Gasteiger partial charge in [-0.05, 0) is 20.3 Å². The first-order valence-electron chi connectivity index (χ1n) is 5.48. The second-order valence-corrected chi connectivity index (χ2v) is 4.10. The van der Waals surface area contributed by atoms with Crippen LogP contribution in [0.15, 0.2) is 0 Å². The van der Waals surface area contributed by atoms with Crippen molar-refractivity contribution in [3.63, 3.8) is 0 Å². The first kappa shape index (κ1) is 15.1. The van der Waals surface area contributed by atoms with Crippen molar-refractivity contribution < 1.29 is 19.8 Å². The summed E-state index contributed by atoms with van der Waals surface area (Å²) in [5.74, 6) is -1.37. The van der Waals surface area contributed by atoms with Crippen LogP contribution in [0, 0.1) is 5.92 Å². The molecule has 2 unspecified atom stereocenters. The molecule has 5 heteroatoms. The van der Waals surface area contributed by atoms with Gasteiger partial charge >= 0.3 is 5.97 Å². The fourth-order valence-corrected chi connectivity index (χ4v) is 1.40. The SMILES string of the molecule is CC(=O)C(C)N(CCCO)CC(C)C(=O)O. The van der Waals surface area contributed by atoms with Gasteiger partial charge in [-0.1, -0.05) is 6.92 Å². The van der Waals surface area contributed by atoms with Crippen molar-refractivity contribution in [1.29, 1.82) is 0 Å². The van der Waals surface area contributed by atoms with Crippen molar-refractivity contribution in [3.8, 4) is 0 Å². The second kappa shape index (κ2) is 7.35. The summed E-state index contributed by atoms with van der Waals surface area (Å²) < 4.78 is 0. The van der Waals surface area contributed by atoms with Gasteiger partial charge in [0.2, 0.25) is 0 Å². The lowest BCUT2D eigenvalue weighted by molar-refractivity contribution is -0.142. The standard InChI is InChI=1S/C11H21NO4/c1-8(11(15)16)7-12(5-4-6-13)9(2)10(3)14/h8-9,13H,4-7H2,1-3H3,(H,15,16). The van der Waals surface area contributed by atoms with Crippen LogP contribution >= 0.6 is 0 Å². The maximum absolute atomic E-state index is 11.2. The fraction of sp³-hybridized carbons (Fsp3) is 0.818. The van der Waals surface area contributed by atoms with Gasteiger partial charge in [0.05, 0.1) is 12.0 Å². The molecule has 0 radical (unpaired) electrons. The number of nitrogens with zero attached hydrogens (tertiary/aromatic N) is 1. The third-order valence-corrected chi connectivity index (χ3v) is 2.67. The van der Waals surface area contributed by atoms with Crippen LogP contribution in [0.25, 0.3) is 0 Å². The minimum atomic E-state index is -0.871. The Balaban J connectivity index is 4.41. The van der Waals surface area contributed by atoms with E-state index in [1.165, 1.54) is 6.92 Å². The van der Waals surface area contributed by atoms with Crippen LogP contribution in [0.5, 0.6) is 0 Å². The number of carboxylic acids is 1. The Morgan fingerprint density at radius 2 is 1.88 bits per heavy atom. The van der Waals surface area contributed by atoms with Crippen LogP contribution in [-0.4, -0.2) is 52.6 Å². The van der Waals surface area contributed by atoms with E-state index in [4.69, 9.17) is 10.2 Å². The molecule has 0 aliphatic carbocycles. The van der Waals surface area contributed by atoms with E-state index in [0.717, 1.165) is 0 Å². The highest BCUT2D eigenvalue weighted by Gasteiger charge is 2.22. The highest BCUT2D eigenvalue weighted by atomic mass is 16.4. The van der Waals surface area contributed by atoms with Gasteiger partial charge in [-0.15, -0.1) is 0 Å². The quantitative estimate of drug-likeness (QED) is 0.631. The zero-order valence-corrected chi connectivity index (χ0v) is 10.1.